The highest BCUT2D eigenvalue weighted by Gasteiger charge is 2.19. The summed E-state index contributed by atoms with van der Waals surface area (Å²) >= 11 is 0.837. The van der Waals surface area contributed by atoms with Gasteiger partial charge in [-0.3, -0.25) is 4.72 Å². The molecule has 0 spiro atoms. The van der Waals surface area contributed by atoms with E-state index >= 15 is 0 Å². The molecular formula is C12H11NO5S2. The number of carbonyl (C=O) groups is 1. The molecule has 0 unspecified atom stereocenters. The lowest BCUT2D eigenvalue weighted by atomic mass is 10.2. The van der Waals surface area contributed by atoms with Crippen molar-refractivity contribution in [3.63, 3.8) is 0 Å². The molecule has 0 amide bonds. The van der Waals surface area contributed by atoms with Gasteiger partial charge in [-0.2, -0.15) is 0 Å². The van der Waals surface area contributed by atoms with E-state index in [1.165, 1.54) is 11.4 Å². The van der Waals surface area contributed by atoms with Gasteiger partial charge in [-0.05, 0) is 12.1 Å². The fourth-order valence-electron chi connectivity index (χ4n) is 1.53. The minimum Gasteiger partial charge on any atom is -0.477 e. The van der Waals surface area contributed by atoms with Crippen LogP contribution in [0, 0.1) is 0 Å². The average Bonchev–Trinajstić information content (AvgIpc) is 2.89. The number of aliphatic hydroxyl groups excluding tert-OH is 1. The number of carboxylic acids is 1. The quantitative estimate of drug-likeness (QED) is 0.780. The maximum absolute atomic E-state index is 12.1. The summed E-state index contributed by atoms with van der Waals surface area (Å²) in [5, 5.41) is 19.2. The Bertz CT molecular complexity index is 736. The predicted octanol–water partition coefficient (Wildman–Crippen LogP) is 1.74. The molecule has 0 saturated heterocycles. The van der Waals surface area contributed by atoms with Gasteiger partial charge in [-0.25, -0.2) is 13.2 Å². The van der Waals surface area contributed by atoms with Gasteiger partial charge in [0.05, 0.1) is 17.2 Å². The van der Waals surface area contributed by atoms with Crippen molar-refractivity contribution in [2.75, 3.05) is 4.72 Å². The van der Waals surface area contributed by atoms with Crippen LogP contribution in [0.1, 0.15) is 15.2 Å². The Morgan fingerprint density at radius 1 is 1.30 bits per heavy atom. The van der Waals surface area contributed by atoms with Gasteiger partial charge in [0.2, 0.25) is 0 Å². The van der Waals surface area contributed by atoms with Gasteiger partial charge in [-0.15, -0.1) is 11.3 Å². The van der Waals surface area contributed by atoms with E-state index in [9.17, 15) is 13.2 Å². The zero-order chi connectivity index (χ0) is 14.8. The highest BCUT2D eigenvalue weighted by atomic mass is 32.2. The summed E-state index contributed by atoms with van der Waals surface area (Å²) in [7, 11) is -3.87. The number of aliphatic hydroxyl groups is 1. The topological polar surface area (TPSA) is 104 Å². The largest absolute Gasteiger partial charge is 0.477 e. The fraction of sp³-hybridized carbons (Fsp3) is 0.0833. The van der Waals surface area contributed by atoms with Crippen molar-refractivity contribution in [1.82, 2.24) is 0 Å². The summed E-state index contributed by atoms with van der Waals surface area (Å²) in [4.78, 5) is 10.6. The number of hydrogen-bond donors (Lipinski definition) is 3. The maximum atomic E-state index is 12.1. The summed E-state index contributed by atoms with van der Waals surface area (Å²) in [6.45, 7) is -0.303. The summed E-state index contributed by atoms with van der Waals surface area (Å²) in [5.41, 5.74) is 0.697. The summed E-state index contributed by atoms with van der Waals surface area (Å²) in [6.07, 6.45) is 0. The lowest BCUT2D eigenvalue weighted by Gasteiger charge is -2.09. The molecule has 0 aliphatic heterocycles. The fourth-order valence-corrected chi connectivity index (χ4v) is 3.75. The van der Waals surface area contributed by atoms with Crippen LogP contribution in [0.2, 0.25) is 0 Å². The van der Waals surface area contributed by atoms with E-state index in [0.29, 0.717) is 5.56 Å². The zero-order valence-electron chi connectivity index (χ0n) is 10.1. The van der Waals surface area contributed by atoms with Crippen LogP contribution in [0.5, 0.6) is 0 Å². The molecule has 106 valence electrons. The first-order chi connectivity index (χ1) is 9.44. The Morgan fingerprint density at radius 2 is 2.00 bits per heavy atom. The summed E-state index contributed by atoms with van der Waals surface area (Å²) < 4.78 is 26.6. The summed E-state index contributed by atoms with van der Waals surface area (Å²) in [6, 6.07) is 7.52. The standard InChI is InChI=1S/C12H11NO5S2/c14-6-8-3-1-2-4-10(8)13-20(17,18)9-5-11(12(15)16)19-7-9/h1-5,7,13-14H,6H2,(H,15,16). The molecule has 0 bridgehead atoms. The van der Waals surface area contributed by atoms with Gasteiger partial charge in [0.1, 0.15) is 4.88 Å². The number of sulfonamides is 1. The van der Waals surface area contributed by atoms with Crippen LogP contribution in [0.25, 0.3) is 0 Å². The molecule has 6 nitrogen and oxygen atoms in total. The second-order valence-electron chi connectivity index (χ2n) is 3.87. The molecule has 8 heteroatoms. The van der Waals surface area contributed by atoms with Crippen LogP contribution in [0.15, 0.2) is 40.6 Å². The SMILES string of the molecule is O=C(O)c1cc(S(=O)(=O)Nc2ccccc2CO)cs1. The minimum absolute atomic E-state index is 0.0548. The molecule has 0 aliphatic carbocycles. The van der Waals surface area contributed by atoms with Crippen LogP contribution in [0.3, 0.4) is 0 Å². The molecule has 2 rings (SSSR count). The van der Waals surface area contributed by atoms with Crippen LogP contribution < -0.4 is 4.72 Å². The molecule has 0 fully saturated rings. The predicted molar refractivity (Wildman–Crippen MR) is 74.5 cm³/mol. The molecular weight excluding hydrogens is 302 g/mol. The first-order valence-electron chi connectivity index (χ1n) is 5.47. The number of para-hydroxylation sites is 1. The van der Waals surface area contributed by atoms with Crippen molar-refractivity contribution < 1.29 is 23.4 Å². The normalized spacial score (nSPS) is 11.2. The Hall–Kier alpha value is -1.90. The van der Waals surface area contributed by atoms with Gasteiger partial charge in [-0.1, -0.05) is 18.2 Å². The second kappa shape index (κ2) is 5.61. The van der Waals surface area contributed by atoms with E-state index in [1.807, 2.05) is 0 Å². The Morgan fingerprint density at radius 3 is 2.60 bits per heavy atom. The molecule has 0 radical (unpaired) electrons. The molecule has 0 atom stereocenters. The molecule has 0 saturated carbocycles. The third-order valence-electron chi connectivity index (χ3n) is 2.53. The van der Waals surface area contributed by atoms with Crippen LogP contribution in [0.4, 0.5) is 5.69 Å². The van der Waals surface area contributed by atoms with Crippen molar-refractivity contribution in [2.24, 2.45) is 0 Å². The average molecular weight is 313 g/mol. The van der Waals surface area contributed by atoms with Gasteiger partial charge in [0.15, 0.2) is 0 Å². The van der Waals surface area contributed by atoms with Crippen LogP contribution in [-0.4, -0.2) is 24.6 Å². The third kappa shape index (κ3) is 2.98. The van der Waals surface area contributed by atoms with Crippen LogP contribution in [-0.2, 0) is 16.6 Å². The number of rotatable bonds is 5. The molecule has 1 aromatic heterocycles. The van der Waals surface area contributed by atoms with Gasteiger partial charge in [0.25, 0.3) is 10.0 Å². The number of hydrogen-bond acceptors (Lipinski definition) is 5. The third-order valence-corrected chi connectivity index (χ3v) is 4.94. The Kier molecular flexibility index (Phi) is 4.07. The molecule has 2 aromatic rings. The van der Waals surface area contributed by atoms with E-state index in [2.05, 4.69) is 4.72 Å². The molecule has 1 aromatic carbocycles. The van der Waals surface area contributed by atoms with Crippen molar-refractivity contribution in [1.29, 1.82) is 0 Å². The number of nitrogens with one attached hydrogen (secondary N) is 1. The van der Waals surface area contributed by atoms with E-state index in [0.717, 1.165) is 17.4 Å². The molecule has 0 aliphatic rings. The molecule has 1 heterocycles. The van der Waals surface area contributed by atoms with E-state index in [1.54, 1.807) is 18.2 Å². The highest BCUT2D eigenvalue weighted by molar-refractivity contribution is 7.92. The number of aromatic carboxylic acids is 1. The lowest BCUT2D eigenvalue weighted by Crippen LogP contribution is -2.13. The van der Waals surface area contributed by atoms with Crippen molar-refractivity contribution in [3.05, 3.63) is 46.2 Å². The van der Waals surface area contributed by atoms with E-state index in [4.69, 9.17) is 10.2 Å². The van der Waals surface area contributed by atoms with Gasteiger partial charge >= 0.3 is 5.97 Å². The zero-order valence-corrected chi connectivity index (χ0v) is 11.7. The van der Waals surface area contributed by atoms with E-state index < -0.39 is 16.0 Å². The van der Waals surface area contributed by atoms with Crippen molar-refractivity contribution >= 4 is 33.0 Å². The highest BCUT2D eigenvalue weighted by Crippen LogP contribution is 2.23. The number of anilines is 1. The second-order valence-corrected chi connectivity index (χ2v) is 6.47. The smallest absolute Gasteiger partial charge is 0.345 e. The number of benzene rings is 1. The number of carboxylic acid groups (broad SMARTS) is 1. The maximum Gasteiger partial charge on any atom is 0.345 e. The molecule has 3 N–H and O–H groups in total. The monoisotopic (exact) mass is 313 g/mol. The van der Waals surface area contributed by atoms with Gasteiger partial charge in [0, 0.05) is 10.9 Å². The Labute approximate surface area is 119 Å². The lowest BCUT2D eigenvalue weighted by molar-refractivity contribution is 0.0702. The number of thiophene rings is 1. The Balaban J connectivity index is 2.33. The van der Waals surface area contributed by atoms with E-state index in [-0.39, 0.29) is 22.1 Å². The molecule has 20 heavy (non-hydrogen) atoms. The van der Waals surface area contributed by atoms with Crippen molar-refractivity contribution in [3.8, 4) is 0 Å². The minimum atomic E-state index is -3.87. The first-order valence-corrected chi connectivity index (χ1v) is 7.84. The van der Waals surface area contributed by atoms with Crippen molar-refractivity contribution in [2.45, 2.75) is 11.5 Å². The van der Waals surface area contributed by atoms with Gasteiger partial charge < -0.3 is 10.2 Å². The summed E-state index contributed by atoms with van der Waals surface area (Å²) in [5.74, 6) is -1.17. The van der Waals surface area contributed by atoms with Crippen LogP contribution >= 0.6 is 11.3 Å². The first kappa shape index (κ1) is 14.5.